The Morgan fingerprint density at radius 3 is 2.91 bits per heavy atom. The number of unbranched alkanes of at least 4 members (excludes halogenated alkanes) is 1. The van der Waals surface area contributed by atoms with Gasteiger partial charge in [-0.1, -0.05) is 24.0 Å². The molecule has 3 rings (SSSR count). The fourth-order valence-corrected chi connectivity index (χ4v) is 3.47. The lowest BCUT2D eigenvalue weighted by Crippen LogP contribution is -2.29. The topological polar surface area (TPSA) is 67.9 Å². The fourth-order valence-electron chi connectivity index (χ4n) is 2.35. The van der Waals surface area contributed by atoms with Crippen LogP contribution >= 0.6 is 24.0 Å². The Hall–Kier alpha value is -1.80. The molecule has 122 valence electrons. The number of hydrogen-bond acceptors (Lipinski definition) is 6. The molecule has 1 fully saturated rings. The molecule has 23 heavy (non-hydrogen) atoms. The van der Waals surface area contributed by atoms with Crippen molar-refractivity contribution in [3.8, 4) is 11.5 Å². The predicted octanol–water partition coefficient (Wildman–Crippen LogP) is 2.38. The molecule has 0 aromatic heterocycles. The summed E-state index contributed by atoms with van der Waals surface area (Å²) in [4.78, 5) is 25.1. The standard InChI is InChI=1S/C15H16N2O4S2/c18-13(3-1-2-6-17-14(19)8-23-15(17)22)16-10-4-5-11-12(7-10)21-9-20-11/h4-5,7H,1-3,6,8-9H2,(H,16,18). The molecule has 1 saturated heterocycles. The Bertz CT molecular complexity index is 634. The maximum absolute atomic E-state index is 11.9. The Morgan fingerprint density at radius 2 is 2.13 bits per heavy atom. The second kappa shape index (κ2) is 7.18. The van der Waals surface area contributed by atoms with Crippen LogP contribution in [0.15, 0.2) is 18.2 Å². The van der Waals surface area contributed by atoms with Crippen molar-refractivity contribution < 1.29 is 19.1 Å². The van der Waals surface area contributed by atoms with Crippen LogP contribution in [-0.4, -0.2) is 40.1 Å². The van der Waals surface area contributed by atoms with Crippen LogP contribution in [0.4, 0.5) is 5.69 Å². The van der Waals surface area contributed by atoms with Crippen LogP contribution in [0.5, 0.6) is 11.5 Å². The normalized spacial score (nSPS) is 16.1. The van der Waals surface area contributed by atoms with Gasteiger partial charge < -0.3 is 14.8 Å². The van der Waals surface area contributed by atoms with E-state index in [2.05, 4.69) is 5.32 Å². The van der Waals surface area contributed by atoms with Gasteiger partial charge in [-0.05, 0) is 25.0 Å². The third-order valence-corrected chi connectivity index (χ3v) is 4.97. The van der Waals surface area contributed by atoms with Gasteiger partial charge >= 0.3 is 0 Å². The molecule has 0 bridgehead atoms. The molecule has 2 amide bonds. The molecule has 0 unspecified atom stereocenters. The first-order chi connectivity index (χ1) is 11.1. The van der Waals surface area contributed by atoms with Crippen LogP contribution < -0.4 is 14.8 Å². The Morgan fingerprint density at radius 1 is 1.30 bits per heavy atom. The Labute approximate surface area is 143 Å². The van der Waals surface area contributed by atoms with Gasteiger partial charge in [0.25, 0.3) is 0 Å². The zero-order valence-electron chi connectivity index (χ0n) is 12.4. The number of fused-ring (bicyclic) bond motifs is 1. The van der Waals surface area contributed by atoms with Crippen molar-refractivity contribution in [1.29, 1.82) is 0 Å². The van der Waals surface area contributed by atoms with E-state index in [0.29, 0.717) is 46.6 Å². The molecule has 6 nitrogen and oxygen atoms in total. The van der Waals surface area contributed by atoms with E-state index in [0.717, 1.165) is 6.42 Å². The molecular formula is C15H16N2O4S2. The number of thiocarbonyl (C=S) groups is 1. The zero-order valence-corrected chi connectivity index (χ0v) is 14.0. The first-order valence-corrected chi connectivity index (χ1v) is 8.69. The molecule has 0 atom stereocenters. The molecule has 8 heteroatoms. The van der Waals surface area contributed by atoms with Crippen LogP contribution in [0, 0.1) is 0 Å². The van der Waals surface area contributed by atoms with Crippen LogP contribution in [-0.2, 0) is 9.59 Å². The number of benzene rings is 1. The van der Waals surface area contributed by atoms with E-state index >= 15 is 0 Å². The van der Waals surface area contributed by atoms with Crippen molar-refractivity contribution in [2.24, 2.45) is 0 Å². The second-order valence-corrected chi connectivity index (χ2v) is 6.78. The van der Waals surface area contributed by atoms with E-state index < -0.39 is 0 Å². The summed E-state index contributed by atoms with van der Waals surface area (Å²) in [7, 11) is 0. The molecule has 0 spiro atoms. The van der Waals surface area contributed by atoms with Crippen LogP contribution in [0.25, 0.3) is 0 Å². The van der Waals surface area contributed by atoms with E-state index in [4.69, 9.17) is 21.7 Å². The lowest BCUT2D eigenvalue weighted by molar-refractivity contribution is -0.124. The molecule has 1 aromatic rings. The highest BCUT2D eigenvalue weighted by Gasteiger charge is 2.25. The van der Waals surface area contributed by atoms with Crippen molar-refractivity contribution in [2.75, 3.05) is 24.4 Å². The summed E-state index contributed by atoms with van der Waals surface area (Å²) in [5.74, 6) is 1.76. The molecule has 1 N–H and O–H groups in total. The number of nitrogens with one attached hydrogen (secondary N) is 1. The van der Waals surface area contributed by atoms with Crippen LogP contribution in [0.1, 0.15) is 19.3 Å². The third kappa shape index (κ3) is 3.94. The van der Waals surface area contributed by atoms with Gasteiger partial charge in [0.2, 0.25) is 18.6 Å². The number of ether oxygens (including phenoxy) is 2. The summed E-state index contributed by atoms with van der Waals surface area (Å²) in [6.07, 6.45) is 1.85. The number of hydrogen-bond donors (Lipinski definition) is 1. The van der Waals surface area contributed by atoms with Gasteiger partial charge in [0.05, 0.1) is 5.75 Å². The van der Waals surface area contributed by atoms with Crippen molar-refractivity contribution in [3.05, 3.63) is 18.2 Å². The van der Waals surface area contributed by atoms with E-state index in [-0.39, 0.29) is 18.6 Å². The smallest absolute Gasteiger partial charge is 0.238 e. The number of thioether (sulfide) groups is 1. The van der Waals surface area contributed by atoms with E-state index in [1.807, 2.05) is 0 Å². The predicted molar refractivity (Wildman–Crippen MR) is 91.8 cm³/mol. The molecule has 2 aliphatic heterocycles. The largest absolute Gasteiger partial charge is 0.454 e. The Balaban J connectivity index is 1.40. The summed E-state index contributed by atoms with van der Waals surface area (Å²) in [6.45, 7) is 0.796. The average Bonchev–Trinajstić information content (AvgIpc) is 3.11. The highest BCUT2D eigenvalue weighted by atomic mass is 32.2. The summed E-state index contributed by atoms with van der Waals surface area (Å²) in [5, 5.41) is 2.83. The summed E-state index contributed by atoms with van der Waals surface area (Å²) in [5.41, 5.74) is 0.687. The quantitative estimate of drug-likeness (QED) is 0.626. The lowest BCUT2D eigenvalue weighted by atomic mass is 10.2. The first kappa shape index (κ1) is 16.1. The SMILES string of the molecule is O=C(CCCCN1C(=O)CSC1=S)Nc1ccc2c(c1)OCO2. The van der Waals surface area contributed by atoms with Gasteiger partial charge in [-0.15, -0.1) is 0 Å². The number of nitrogens with zero attached hydrogens (tertiary/aromatic N) is 1. The number of anilines is 1. The fraction of sp³-hybridized carbons (Fsp3) is 0.400. The van der Waals surface area contributed by atoms with Crippen molar-refractivity contribution in [3.63, 3.8) is 0 Å². The van der Waals surface area contributed by atoms with Gasteiger partial charge in [0, 0.05) is 24.7 Å². The van der Waals surface area contributed by atoms with Gasteiger partial charge in [-0.2, -0.15) is 0 Å². The Kier molecular flexibility index (Phi) is 5.02. The number of amides is 2. The molecule has 1 aromatic carbocycles. The maximum atomic E-state index is 11.9. The first-order valence-electron chi connectivity index (χ1n) is 7.30. The van der Waals surface area contributed by atoms with E-state index in [1.54, 1.807) is 23.1 Å². The zero-order chi connectivity index (χ0) is 16.2. The van der Waals surface area contributed by atoms with Gasteiger partial charge in [0.1, 0.15) is 4.32 Å². The number of carbonyl (C=O) groups is 2. The van der Waals surface area contributed by atoms with Crippen LogP contribution in [0.2, 0.25) is 0 Å². The molecular weight excluding hydrogens is 336 g/mol. The third-order valence-electron chi connectivity index (χ3n) is 3.53. The van der Waals surface area contributed by atoms with Crippen molar-refractivity contribution in [1.82, 2.24) is 4.90 Å². The molecule has 2 aliphatic rings. The molecule has 0 radical (unpaired) electrons. The second-order valence-electron chi connectivity index (χ2n) is 5.17. The summed E-state index contributed by atoms with van der Waals surface area (Å²) < 4.78 is 11.1. The average molecular weight is 352 g/mol. The number of rotatable bonds is 6. The van der Waals surface area contributed by atoms with Crippen LogP contribution in [0.3, 0.4) is 0 Å². The van der Waals surface area contributed by atoms with Gasteiger partial charge in [-0.25, -0.2) is 0 Å². The highest BCUT2D eigenvalue weighted by molar-refractivity contribution is 8.23. The van der Waals surface area contributed by atoms with Gasteiger partial charge in [-0.3, -0.25) is 14.5 Å². The summed E-state index contributed by atoms with van der Waals surface area (Å²) in [6, 6.07) is 5.30. The van der Waals surface area contributed by atoms with Gasteiger partial charge in [0.15, 0.2) is 11.5 Å². The van der Waals surface area contributed by atoms with Crippen molar-refractivity contribution >= 4 is 45.8 Å². The molecule has 0 saturated carbocycles. The van der Waals surface area contributed by atoms with Crippen molar-refractivity contribution in [2.45, 2.75) is 19.3 Å². The molecule has 2 heterocycles. The monoisotopic (exact) mass is 352 g/mol. The minimum atomic E-state index is -0.0615. The highest BCUT2D eigenvalue weighted by Crippen LogP contribution is 2.34. The van der Waals surface area contributed by atoms with E-state index in [1.165, 1.54) is 11.8 Å². The lowest BCUT2D eigenvalue weighted by Gasteiger charge is -2.14. The van der Waals surface area contributed by atoms with E-state index in [9.17, 15) is 9.59 Å². The number of carbonyl (C=O) groups excluding carboxylic acids is 2. The summed E-state index contributed by atoms with van der Waals surface area (Å²) >= 11 is 6.51. The maximum Gasteiger partial charge on any atom is 0.238 e. The molecule has 0 aliphatic carbocycles. The minimum absolute atomic E-state index is 0.0600. The minimum Gasteiger partial charge on any atom is -0.454 e.